The number of hydrogen-bond acceptors (Lipinski definition) is 0. The van der Waals surface area contributed by atoms with Crippen LogP contribution in [-0.2, 0) is 5.41 Å². The first-order chi connectivity index (χ1) is 22.1. The van der Waals surface area contributed by atoms with Gasteiger partial charge in [-0.1, -0.05) is 129 Å². The molecule has 0 aliphatic heterocycles. The molecular weight excluding hydrogens is 540 g/mol. The summed E-state index contributed by atoms with van der Waals surface area (Å²) >= 11 is 0. The van der Waals surface area contributed by atoms with E-state index < -0.39 is 0 Å². The third-order valence-corrected chi connectivity index (χ3v) is 10.8. The highest BCUT2D eigenvalue weighted by Crippen LogP contribution is 2.54. The standard InChI is InChI=1S/C45H38/c1-45(2)42-25-22-34(33-17-11-16-32(27-33)31-15-10-14-30(26-31)29-12-4-3-5-13-29)28-41(42)40-24-23-39-37-20-7-6-18-35(37)36-19-8-9-21-38(36)43(39)44(40)45/h4,6-9,12-14,17-28H,3,5,10-11,15-16H2,1-2H3. The molecule has 0 radical (unpaired) electrons. The zero-order chi connectivity index (χ0) is 30.1. The molecule has 0 aromatic heterocycles. The number of benzene rings is 5. The van der Waals surface area contributed by atoms with Crippen molar-refractivity contribution in [2.75, 3.05) is 0 Å². The first-order valence-electron chi connectivity index (χ1n) is 16.8. The molecule has 4 aliphatic carbocycles. The highest BCUT2D eigenvalue weighted by Gasteiger charge is 2.38. The highest BCUT2D eigenvalue weighted by atomic mass is 14.4. The van der Waals surface area contributed by atoms with Gasteiger partial charge in [0.15, 0.2) is 0 Å². The van der Waals surface area contributed by atoms with Crippen LogP contribution in [0.1, 0.15) is 69.1 Å². The molecule has 45 heavy (non-hydrogen) atoms. The summed E-state index contributed by atoms with van der Waals surface area (Å²) in [6.45, 7) is 4.85. The quantitative estimate of drug-likeness (QED) is 0.187. The van der Waals surface area contributed by atoms with E-state index in [2.05, 4.69) is 135 Å². The number of hydrogen-bond donors (Lipinski definition) is 0. The predicted octanol–water partition coefficient (Wildman–Crippen LogP) is 12.5. The maximum Gasteiger partial charge on any atom is 0.0165 e. The molecule has 5 aromatic carbocycles. The van der Waals surface area contributed by atoms with Crippen LogP contribution in [0.4, 0.5) is 0 Å². The minimum Gasteiger partial charge on any atom is -0.0836 e. The molecule has 0 unspecified atom stereocenters. The van der Waals surface area contributed by atoms with Gasteiger partial charge in [0.25, 0.3) is 0 Å². The third-order valence-electron chi connectivity index (χ3n) is 10.8. The molecule has 0 heterocycles. The fourth-order valence-corrected chi connectivity index (χ4v) is 8.64. The highest BCUT2D eigenvalue weighted by molar-refractivity contribution is 6.27. The van der Waals surface area contributed by atoms with Gasteiger partial charge in [0.05, 0.1) is 0 Å². The summed E-state index contributed by atoms with van der Waals surface area (Å²) in [6, 6.07) is 30.0. The Labute approximate surface area is 266 Å². The molecule has 0 saturated carbocycles. The van der Waals surface area contributed by atoms with E-state index in [1.165, 1.54) is 94.4 Å². The van der Waals surface area contributed by atoms with E-state index in [0.29, 0.717) is 0 Å². The SMILES string of the molecule is CC1(C)c2ccc(C3=CCCC(C4=CC(C5=CCCC=C5)=CCC4)=C3)cc2-c2ccc3c4ccccc4c4ccccc4c3c21. The first-order valence-corrected chi connectivity index (χ1v) is 16.8. The molecule has 0 bridgehead atoms. The lowest BCUT2D eigenvalue weighted by atomic mass is 9.78. The van der Waals surface area contributed by atoms with Crippen molar-refractivity contribution in [3.63, 3.8) is 0 Å². The minimum absolute atomic E-state index is 0.0895. The van der Waals surface area contributed by atoms with Crippen molar-refractivity contribution in [1.82, 2.24) is 0 Å². The van der Waals surface area contributed by atoms with Crippen LogP contribution in [0.5, 0.6) is 0 Å². The Morgan fingerprint density at radius 2 is 1.16 bits per heavy atom. The van der Waals surface area contributed by atoms with E-state index in [0.717, 1.165) is 32.1 Å². The summed E-state index contributed by atoms with van der Waals surface area (Å²) in [4.78, 5) is 0. The van der Waals surface area contributed by atoms with Crippen molar-refractivity contribution in [2.24, 2.45) is 0 Å². The van der Waals surface area contributed by atoms with Gasteiger partial charge in [-0.3, -0.25) is 0 Å². The maximum atomic E-state index is 2.49. The van der Waals surface area contributed by atoms with Crippen LogP contribution in [-0.4, -0.2) is 0 Å². The Bertz CT molecular complexity index is 2240. The maximum absolute atomic E-state index is 2.49. The van der Waals surface area contributed by atoms with Crippen molar-refractivity contribution in [2.45, 2.75) is 57.8 Å². The van der Waals surface area contributed by atoms with Gasteiger partial charge in [0.1, 0.15) is 0 Å². The van der Waals surface area contributed by atoms with E-state index in [4.69, 9.17) is 0 Å². The largest absolute Gasteiger partial charge is 0.0836 e. The van der Waals surface area contributed by atoms with Crippen LogP contribution in [0.3, 0.4) is 0 Å². The molecule has 0 saturated heterocycles. The van der Waals surface area contributed by atoms with Gasteiger partial charge in [-0.25, -0.2) is 0 Å². The molecule has 5 aromatic rings. The number of fused-ring (bicyclic) bond motifs is 10. The molecule has 0 nitrogen and oxygen atoms in total. The normalized spacial score (nSPS) is 18.7. The Morgan fingerprint density at radius 3 is 1.87 bits per heavy atom. The van der Waals surface area contributed by atoms with Crippen LogP contribution in [0.25, 0.3) is 49.0 Å². The monoisotopic (exact) mass is 578 g/mol. The van der Waals surface area contributed by atoms with E-state index >= 15 is 0 Å². The molecule has 0 spiro atoms. The van der Waals surface area contributed by atoms with Crippen LogP contribution in [0.15, 0.2) is 144 Å². The Morgan fingerprint density at radius 1 is 0.533 bits per heavy atom. The van der Waals surface area contributed by atoms with E-state index in [1.807, 2.05) is 0 Å². The van der Waals surface area contributed by atoms with Crippen LogP contribution in [0.2, 0.25) is 0 Å². The second-order valence-electron chi connectivity index (χ2n) is 13.8. The lowest BCUT2D eigenvalue weighted by Gasteiger charge is -2.25. The lowest BCUT2D eigenvalue weighted by molar-refractivity contribution is 0.666. The molecule has 0 amide bonds. The van der Waals surface area contributed by atoms with Gasteiger partial charge in [-0.05, 0) is 133 Å². The zero-order valence-corrected chi connectivity index (χ0v) is 26.3. The third kappa shape index (κ3) is 4.12. The van der Waals surface area contributed by atoms with E-state index in [-0.39, 0.29) is 5.41 Å². The van der Waals surface area contributed by atoms with Crippen molar-refractivity contribution >= 4 is 37.9 Å². The predicted molar refractivity (Wildman–Crippen MR) is 194 cm³/mol. The Kier molecular flexibility index (Phi) is 6.04. The molecule has 218 valence electrons. The van der Waals surface area contributed by atoms with Crippen molar-refractivity contribution in [3.05, 3.63) is 160 Å². The van der Waals surface area contributed by atoms with Crippen molar-refractivity contribution in [3.8, 4) is 11.1 Å². The summed E-state index contributed by atoms with van der Waals surface area (Å²) in [5.41, 5.74) is 14.2. The van der Waals surface area contributed by atoms with Gasteiger partial charge < -0.3 is 0 Å². The van der Waals surface area contributed by atoms with Gasteiger partial charge in [-0.15, -0.1) is 0 Å². The summed E-state index contributed by atoms with van der Waals surface area (Å²) < 4.78 is 0. The Hall–Kier alpha value is -4.68. The van der Waals surface area contributed by atoms with Gasteiger partial charge >= 0.3 is 0 Å². The smallest absolute Gasteiger partial charge is 0.0165 e. The minimum atomic E-state index is -0.0895. The molecule has 0 N–H and O–H groups in total. The van der Waals surface area contributed by atoms with E-state index in [9.17, 15) is 0 Å². The first kappa shape index (κ1) is 26.7. The summed E-state index contributed by atoms with van der Waals surface area (Å²) in [5.74, 6) is 0. The lowest BCUT2D eigenvalue weighted by Crippen LogP contribution is -2.15. The molecule has 0 fully saturated rings. The van der Waals surface area contributed by atoms with Gasteiger partial charge in [0.2, 0.25) is 0 Å². The van der Waals surface area contributed by atoms with Crippen molar-refractivity contribution in [1.29, 1.82) is 0 Å². The fourth-order valence-electron chi connectivity index (χ4n) is 8.64. The molecular formula is C45H38. The van der Waals surface area contributed by atoms with Crippen LogP contribution >= 0.6 is 0 Å². The fraction of sp³-hybridized carbons (Fsp3) is 0.200. The summed E-state index contributed by atoms with van der Waals surface area (Å²) in [6.07, 6.45) is 23.7. The molecule has 4 aliphatic rings. The molecule has 9 rings (SSSR count). The van der Waals surface area contributed by atoms with Gasteiger partial charge in [0, 0.05) is 5.41 Å². The zero-order valence-electron chi connectivity index (χ0n) is 26.3. The average molecular weight is 579 g/mol. The summed E-state index contributed by atoms with van der Waals surface area (Å²) in [5, 5.41) is 8.17. The number of rotatable bonds is 3. The Balaban J connectivity index is 1.16. The summed E-state index contributed by atoms with van der Waals surface area (Å²) in [7, 11) is 0. The van der Waals surface area contributed by atoms with Crippen LogP contribution < -0.4 is 0 Å². The average Bonchev–Trinajstić information content (AvgIpc) is 3.34. The second kappa shape index (κ2) is 10.2. The van der Waals surface area contributed by atoms with E-state index in [1.54, 1.807) is 0 Å². The molecule has 0 atom stereocenters. The second-order valence-corrected chi connectivity index (χ2v) is 13.8. The van der Waals surface area contributed by atoms with Crippen LogP contribution in [0, 0.1) is 0 Å². The van der Waals surface area contributed by atoms with Crippen molar-refractivity contribution < 1.29 is 0 Å². The van der Waals surface area contributed by atoms with Gasteiger partial charge in [-0.2, -0.15) is 0 Å². The molecule has 0 heteroatoms. The number of allylic oxidation sites excluding steroid dienone is 12. The topological polar surface area (TPSA) is 0 Å².